The molecule has 1 heterocycles. The Labute approximate surface area is 120 Å². The highest BCUT2D eigenvalue weighted by molar-refractivity contribution is 9.11. The van der Waals surface area contributed by atoms with Crippen molar-refractivity contribution in [3.05, 3.63) is 49.6 Å². The summed E-state index contributed by atoms with van der Waals surface area (Å²) in [6.45, 7) is 4.10. The van der Waals surface area contributed by atoms with Gasteiger partial charge < -0.3 is 10.5 Å². The summed E-state index contributed by atoms with van der Waals surface area (Å²) in [5, 5.41) is 0. The Kier molecular flexibility index (Phi) is 4.10. The van der Waals surface area contributed by atoms with E-state index in [9.17, 15) is 0 Å². The molecule has 0 saturated heterocycles. The van der Waals surface area contributed by atoms with Crippen molar-refractivity contribution in [2.75, 3.05) is 7.11 Å². The zero-order valence-corrected chi connectivity index (χ0v) is 13.1. The smallest absolute Gasteiger partial charge is 0.122 e. The molecule has 0 aliphatic heterocycles. The Morgan fingerprint density at radius 1 is 1.22 bits per heavy atom. The maximum Gasteiger partial charge on any atom is 0.122 e. The predicted molar refractivity (Wildman–Crippen MR) is 80.5 cm³/mol. The average Bonchev–Trinajstić information content (AvgIpc) is 2.69. The SMILES string of the molecule is COc1cc(C(N)c2cc(C)c(Br)s2)ccc1C. The van der Waals surface area contributed by atoms with E-state index in [1.807, 2.05) is 19.1 Å². The molecule has 2 rings (SSSR count). The first-order valence-corrected chi connectivity index (χ1v) is 7.30. The Hall–Kier alpha value is -0.840. The lowest BCUT2D eigenvalue weighted by Gasteiger charge is -2.13. The lowest BCUT2D eigenvalue weighted by molar-refractivity contribution is 0.411. The first kappa shape index (κ1) is 13.6. The molecule has 96 valence electrons. The Morgan fingerprint density at radius 2 is 1.94 bits per heavy atom. The van der Waals surface area contributed by atoms with Gasteiger partial charge in [0.1, 0.15) is 5.75 Å². The molecule has 0 fully saturated rings. The number of ether oxygens (including phenoxy) is 1. The molecule has 1 atom stereocenters. The zero-order chi connectivity index (χ0) is 13.3. The lowest BCUT2D eigenvalue weighted by Crippen LogP contribution is -2.10. The molecule has 0 spiro atoms. The topological polar surface area (TPSA) is 35.2 Å². The molecule has 2 aromatic rings. The van der Waals surface area contributed by atoms with Crippen LogP contribution in [0.3, 0.4) is 0 Å². The van der Waals surface area contributed by atoms with Gasteiger partial charge in [0.2, 0.25) is 0 Å². The minimum absolute atomic E-state index is 0.102. The zero-order valence-electron chi connectivity index (χ0n) is 10.7. The van der Waals surface area contributed by atoms with Gasteiger partial charge in [0.05, 0.1) is 16.9 Å². The first-order chi connectivity index (χ1) is 8.52. The van der Waals surface area contributed by atoms with E-state index in [0.29, 0.717) is 0 Å². The van der Waals surface area contributed by atoms with Gasteiger partial charge in [0, 0.05) is 4.88 Å². The second-order valence-electron chi connectivity index (χ2n) is 4.31. The van der Waals surface area contributed by atoms with E-state index < -0.39 is 0 Å². The maximum atomic E-state index is 6.31. The van der Waals surface area contributed by atoms with Crippen LogP contribution >= 0.6 is 27.3 Å². The molecular formula is C14H16BrNOS. The van der Waals surface area contributed by atoms with Crippen molar-refractivity contribution < 1.29 is 4.74 Å². The summed E-state index contributed by atoms with van der Waals surface area (Å²) >= 11 is 5.22. The molecule has 0 aliphatic carbocycles. The molecular weight excluding hydrogens is 310 g/mol. The van der Waals surface area contributed by atoms with Gasteiger partial charge in [0.15, 0.2) is 0 Å². The fourth-order valence-electron chi connectivity index (χ4n) is 1.83. The number of methoxy groups -OCH3 is 1. The number of hydrogen-bond acceptors (Lipinski definition) is 3. The molecule has 0 saturated carbocycles. The highest BCUT2D eigenvalue weighted by Crippen LogP contribution is 2.34. The van der Waals surface area contributed by atoms with E-state index in [1.165, 1.54) is 5.56 Å². The highest BCUT2D eigenvalue weighted by atomic mass is 79.9. The summed E-state index contributed by atoms with van der Waals surface area (Å²) < 4.78 is 6.48. The van der Waals surface area contributed by atoms with Gasteiger partial charge in [-0.15, -0.1) is 11.3 Å². The van der Waals surface area contributed by atoms with Crippen LogP contribution in [0, 0.1) is 13.8 Å². The number of nitrogens with two attached hydrogens (primary N) is 1. The van der Waals surface area contributed by atoms with Gasteiger partial charge in [-0.25, -0.2) is 0 Å². The normalized spacial score (nSPS) is 12.5. The van der Waals surface area contributed by atoms with E-state index >= 15 is 0 Å². The van der Waals surface area contributed by atoms with E-state index in [4.69, 9.17) is 10.5 Å². The molecule has 18 heavy (non-hydrogen) atoms. The van der Waals surface area contributed by atoms with Crippen molar-refractivity contribution in [3.8, 4) is 5.75 Å². The fourth-order valence-corrected chi connectivity index (χ4v) is 3.43. The quantitative estimate of drug-likeness (QED) is 0.918. The van der Waals surface area contributed by atoms with Gasteiger partial charge in [0.25, 0.3) is 0 Å². The molecule has 0 aliphatic rings. The summed E-state index contributed by atoms with van der Waals surface area (Å²) in [6, 6.07) is 8.15. The maximum absolute atomic E-state index is 6.31. The van der Waals surface area contributed by atoms with E-state index in [2.05, 4.69) is 35.0 Å². The van der Waals surface area contributed by atoms with Crippen molar-refractivity contribution in [2.24, 2.45) is 5.73 Å². The van der Waals surface area contributed by atoms with Crippen LogP contribution in [-0.2, 0) is 0 Å². The van der Waals surface area contributed by atoms with E-state index in [-0.39, 0.29) is 6.04 Å². The van der Waals surface area contributed by atoms with Crippen LogP contribution in [-0.4, -0.2) is 7.11 Å². The van der Waals surface area contributed by atoms with Crippen LogP contribution < -0.4 is 10.5 Å². The molecule has 1 unspecified atom stereocenters. The Balaban J connectivity index is 2.36. The number of rotatable bonds is 3. The van der Waals surface area contributed by atoms with Crippen LogP contribution in [0.25, 0.3) is 0 Å². The minimum atomic E-state index is -0.102. The second-order valence-corrected chi connectivity index (χ2v) is 6.71. The summed E-state index contributed by atoms with van der Waals surface area (Å²) in [4.78, 5) is 1.16. The molecule has 2 N–H and O–H groups in total. The van der Waals surface area contributed by atoms with Gasteiger partial charge in [-0.2, -0.15) is 0 Å². The van der Waals surface area contributed by atoms with Crippen molar-refractivity contribution >= 4 is 27.3 Å². The van der Waals surface area contributed by atoms with Crippen molar-refractivity contribution in [3.63, 3.8) is 0 Å². The first-order valence-electron chi connectivity index (χ1n) is 5.69. The number of hydrogen-bond donors (Lipinski definition) is 1. The monoisotopic (exact) mass is 325 g/mol. The molecule has 0 radical (unpaired) electrons. The average molecular weight is 326 g/mol. The summed E-state index contributed by atoms with van der Waals surface area (Å²) in [5.74, 6) is 0.885. The molecule has 4 heteroatoms. The predicted octanol–water partition coefficient (Wildman–Crippen LogP) is 4.18. The number of benzene rings is 1. The molecule has 2 nitrogen and oxygen atoms in total. The summed E-state index contributed by atoms with van der Waals surface area (Å²) in [7, 11) is 1.68. The van der Waals surface area contributed by atoms with Crippen LogP contribution in [0.4, 0.5) is 0 Å². The molecule has 0 amide bonds. The fraction of sp³-hybridized carbons (Fsp3) is 0.286. The number of thiophene rings is 1. The van der Waals surface area contributed by atoms with Gasteiger partial charge in [-0.1, -0.05) is 12.1 Å². The molecule has 0 bridgehead atoms. The third kappa shape index (κ3) is 2.60. The summed E-state index contributed by atoms with van der Waals surface area (Å²) in [5.41, 5.74) is 9.73. The van der Waals surface area contributed by atoms with E-state index in [1.54, 1.807) is 18.4 Å². The number of aryl methyl sites for hydroxylation is 2. The molecule has 1 aromatic heterocycles. The Bertz CT molecular complexity index is 545. The third-order valence-electron chi connectivity index (χ3n) is 2.97. The molecule has 1 aromatic carbocycles. The van der Waals surface area contributed by atoms with Gasteiger partial charge in [-0.05, 0) is 58.6 Å². The summed E-state index contributed by atoms with van der Waals surface area (Å²) in [6.07, 6.45) is 0. The van der Waals surface area contributed by atoms with Crippen LogP contribution in [0.1, 0.15) is 27.6 Å². The Morgan fingerprint density at radius 3 is 2.50 bits per heavy atom. The second kappa shape index (κ2) is 5.43. The van der Waals surface area contributed by atoms with Crippen molar-refractivity contribution in [1.82, 2.24) is 0 Å². The third-order valence-corrected chi connectivity index (χ3v) is 5.19. The highest BCUT2D eigenvalue weighted by Gasteiger charge is 2.14. The number of halogens is 1. The van der Waals surface area contributed by atoms with Crippen LogP contribution in [0.2, 0.25) is 0 Å². The van der Waals surface area contributed by atoms with Gasteiger partial charge in [-0.3, -0.25) is 0 Å². The largest absolute Gasteiger partial charge is 0.496 e. The van der Waals surface area contributed by atoms with Crippen LogP contribution in [0.5, 0.6) is 5.75 Å². The minimum Gasteiger partial charge on any atom is -0.496 e. The lowest BCUT2D eigenvalue weighted by atomic mass is 10.0. The van der Waals surface area contributed by atoms with Gasteiger partial charge >= 0.3 is 0 Å². The van der Waals surface area contributed by atoms with Crippen LogP contribution in [0.15, 0.2) is 28.1 Å². The van der Waals surface area contributed by atoms with Crippen molar-refractivity contribution in [2.45, 2.75) is 19.9 Å². The standard InChI is InChI=1S/C14H16BrNOS/c1-8-4-5-10(7-11(8)17-3)13(16)12-6-9(2)14(15)18-12/h4-7,13H,16H2,1-3H3. The van der Waals surface area contributed by atoms with Crippen molar-refractivity contribution in [1.29, 1.82) is 0 Å². The van der Waals surface area contributed by atoms with E-state index in [0.717, 1.165) is 25.5 Å².